The van der Waals surface area contributed by atoms with Crippen LogP contribution in [0.4, 0.5) is 0 Å². The number of methoxy groups -OCH3 is 1. The van der Waals surface area contributed by atoms with Crippen LogP contribution >= 0.6 is 11.6 Å². The average Bonchev–Trinajstić information content (AvgIpc) is 3.09. The number of hydrogen-bond donors (Lipinski definition) is 1. The molecule has 0 aliphatic heterocycles. The van der Waals surface area contributed by atoms with Gasteiger partial charge in [0, 0.05) is 12.1 Å². The van der Waals surface area contributed by atoms with Crippen molar-refractivity contribution in [2.45, 2.75) is 36.5 Å². The first-order valence-electron chi connectivity index (χ1n) is 9.41. The quantitative estimate of drug-likeness (QED) is 0.639. The maximum atomic E-state index is 13.2. The molecule has 0 radical (unpaired) electrons. The number of fused-ring (bicyclic) bond motifs is 1. The molecule has 0 heterocycles. The minimum atomic E-state index is -4.12. The van der Waals surface area contributed by atoms with Crippen LogP contribution in [0.2, 0.25) is 5.02 Å². The van der Waals surface area contributed by atoms with E-state index in [9.17, 15) is 13.2 Å². The minimum absolute atomic E-state index is 0.0833. The lowest BCUT2D eigenvalue weighted by atomic mass is 9.79. The maximum absolute atomic E-state index is 13.2. The standard InChI is InChI=1S/C21H24ClNO5S/c1-3-21(12-11-15-16(21)7-6-8-17(15)22)20(24)23-29(25,26)19-10-5-4-9-18(19)28-14-13-27-2/h4-10H,3,11-14H2,1-2H3,(H,23,24). The van der Waals surface area contributed by atoms with E-state index in [1.165, 1.54) is 13.2 Å². The third-order valence-corrected chi connectivity index (χ3v) is 7.11. The van der Waals surface area contributed by atoms with E-state index in [4.69, 9.17) is 21.1 Å². The van der Waals surface area contributed by atoms with Crippen LogP contribution in [0.15, 0.2) is 47.4 Å². The molecule has 1 atom stereocenters. The van der Waals surface area contributed by atoms with Gasteiger partial charge >= 0.3 is 0 Å². The zero-order valence-electron chi connectivity index (χ0n) is 16.4. The number of hydrogen-bond acceptors (Lipinski definition) is 5. The highest BCUT2D eigenvalue weighted by Gasteiger charge is 2.46. The first kappa shape index (κ1) is 21.6. The van der Waals surface area contributed by atoms with E-state index in [0.717, 1.165) is 11.1 Å². The molecule has 6 nitrogen and oxygen atoms in total. The predicted molar refractivity (Wildman–Crippen MR) is 111 cm³/mol. The van der Waals surface area contributed by atoms with Crippen molar-refractivity contribution in [2.75, 3.05) is 20.3 Å². The van der Waals surface area contributed by atoms with Gasteiger partial charge in [0.15, 0.2) is 0 Å². The fraction of sp³-hybridized carbons (Fsp3) is 0.381. The summed E-state index contributed by atoms with van der Waals surface area (Å²) in [5.74, 6) is -0.377. The maximum Gasteiger partial charge on any atom is 0.267 e. The highest BCUT2D eigenvalue weighted by molar-refractivity contribution is 7.90. The number of ether oxygens (including phenoxy) is 2. The van der Waals surface area contributed by atoms with Crippen molar-refractivity contribution in [3.63, 3.8) is 0 Å². The molecule has 0 fully saturated rings. The van der Waals surface area contributed by atoms with Crippen LogP contribution in [0.5, 0.6) is 5.75 Å². The van der Waals surface area contributed by atoms with Gasteiger partial charge in [-0.25, -0.2) is 13.1 Å². The summed E-state index contributed by atoms with van der Waals surface area (Å²) in [6.07, 6.45) is 1.61. The van der Waals surface area contributed by atoms with Gasteiger partial charge in [0.2, 0.25) is 5.91 Å². The molecule has 2 aromatic rings. The van der Waals surface area contributed by atoms with Gasteiger partial charge in [0.1, 0.15) is 17.3 Å². The molecule has 3 rings (SSSR count). The van der Waals surface area contributed by atoms with Gasteiger partial charge in [-0.15, -0.1) is 0 Å². The molecule has 0 bridgehead atoms. The molecule has 0 saturated heterocycles. The SMILES string of the molecule is CCC1(C(=O)NS(=O)(=O)c2ccccc2OCCOC)CCc2c(Cl)cccc21. The summed E-state index contributed by atoms with van der Waals surface area (Å²) in [6, 6.07) is 11.6. The number of rotatable bonds is 8. The first-order chi connectivity index (χ1) is 13.9. The Balaban J connectivity index is 1.90. The van der Waals surface area contributed by atoms with Crippen LogP contribution in [-0.2, 0) is 31.4 Å². The zero-order chi connectivity index (χ0) is 21.1. The second kappa shape index (κ2) is 8.73. The Labute approximate surface area is 176 Å². The number of benzene rings is 2. The van der Waals surface area contributed by atoms with Crippen molar-refractivity contribution in [2.24, 2.45) is 0 Å². The Bertz CT molecular complexity index is 1010. The lowest BCUT2D eigenvalue weighted by Gasteiger charge is -2.28. The van der Waals surface area contributed by atoms with Crippen molar-refractivity contribution in [3.8, 4) is 5.75 Å². The van der Waals surface area contributed by atoms with E-state index in [-0.39, 0.29) is 17.3 Å². The van der Waals surface area contributed by atoms with Gasteiger partial charge in [-0.3, -0.25) is 4.79 Å². The summed E-state index contributed by atoms with van der Waals surface area (Å²) < 4.78 is 38.8. The van der Waals surface area contributed by atoms with Crippen molar-refractivity contribution in [1.29, 1.82) is 0 Å². The number of carbonyl (C=O) groups excluding carboxylic acids is 1. The molecule has 1 aliphatic carbocycles. The van der Waals surface area contributed by atoms with E-state index < -0.39 is 21.3 Å². The van der Waals surface area contributed by atoms with Gasteiger partial charge in [-0.2, -0.15) is 0 Å². The summed E-state index contributed by atoms with van der Waals surface area (Å²) in [5.41, 5.74) is 0.774. The van der Waals surface area contributed by atoms with Gasteiger partial charge in [0.25, 0.3) is 10.0 Å². The molecule has 8 heteroatoms. The Kier molecular flexibility index (Phi) is 6.51. The Morgan fingerprint density at radius 3 is 2.66 bits per heavy atom. The summed E-state index contributed by atoms with van der Waals surface area (Å²) in [6.45, 7) is 2.39. The zero-order valence-corrected chi connectivity index (χ0v) is 18.0. The number of sulfonamides is 1. The topological polar surface area (TPSA) is 81.7 Å². The third-order valence-electron chi connectivity index (χ3n) is 5.39. The van der Waals surface area contributed by atoms with Crippen LogP contribution in [-0.4, -0.2) is 34.6 Å². The highest BCUT2D eigenvalue weighted by Crippen LogP contribution is 2.44. The van der Waals surface area contributed by atoms with E-state index in [1.54, 1.807) is 30.3 Å². The Hall–Kier alpha value is -2.09. The van der Waals surface area contributed by atoms with Crippen molar-refractivity contribution >= 4 is 27.5 Å². The first-order valence-corrected chi connectivity index (χ1v) is 11.3. The number of halogens is 1. The lowest BCUT2D eigenvalue weighted by molar-refractivity contribution is -0.125. The van der Waals surface area contributed by atoms with Gasteiger partial charge in [-0.05, 0) is 48.6 Å². The molecule has 0 aromatic heterocycles. The monoisotopic (exact) mass is 437 g/mol. The van der Waals surface area contributed by atoms with E-state index in [2.05, 4.69) is 4.72 Å². The summed E-state index contributed by atoms with van der Waals surface area (Å²) in [7, 11) is -2.59. The molecular weight excluding hydrogens is 414 g/mol. The summed E-state index contributed by atoms with van der Waals surface area (Å²) in [5, 5.41) is 0.602. The molecule has 29 heavy (non-hydrogen) atoms. The molecule has 1 amide bonds. The number of nitrogens with one attached hydrogen (secondary N) is 1. The number of amides is 1. The largest absolute Gasteiger partial charge is 0.490 e. The summed E-state index contributed by atoms with van der Waals surface area (Å²) in [4.78, 5) is 13.2. The number of para-hydroxylation sites is 1. The van der Waals surface area contributed by atoms with Crippen molar-refractivity contribution in [3.05, 3.63) is 58.6 Å². The van der Waals surface area contributed by atoms with Crippen molar-refractivity contribution in [1.82, 2.24) is 4.72 Å². The minimum Gasteiger partial charge on any atom is -0.490 e. The molecule has 1 N–H and O–H groups in total. The van der Waals surface area contributed by atoms with Crippen LogP contribution in [0.1, 0.15) is 30.9 Å². The summed E-state index contributed by atoms with van der Waals surface area (Å²) >= 11 is 6.29. The Morgan fingerprint density at radius 1 is 1.17 bits per heavy atom. The van der Waals surface area contributed by atoms with Crippen LogP contribution in [0, 0.1) is 0 Å². The van der Waals surface area contributed by atoms with Gasteiger partial charge < -0.3 is 9.47 Å². The Morgan fingerprint density at radius 2 is 1.93 bits per heavy atom. The van der Waals surface area contributed by atoms with Crippen LogP contribution in [0.25, 0.3) is 0 Å². The van der Waals surface area contributed by atoms with E-state index >= 15 is 0 Å². The second-order valence-electron chi connectivity index (χ2n) is 6.92. The lowest BCUT2D eigenvalue weighted by Crippen LogP contribution is -2.45. The molecule has 2 aromatic carbocycles. The molecule has 0 saturated carbocycles. The average molecular weight is 438 g/mol. The number of carbonyl (C=O) groups is 1. The molecule has 156 valence electrons. The van der Waals surface area contributed by atoms with Crippen LogP contribution in [0.3, 0.4) is 0 Å². The fourth-order valence-corrected chi connectivity index (χ4v) is 5.27. The smallest absolute Gasteiger partial charge is 0.267 e. The highest BCUT2D eigenvalue weighted by atomic mass is 35.5. The van der Waals surface area contributed by atoms with E-state index in [0.29, 0.717) is 30.9 Å². The molecule has 1 unspecified atom stereocenters. The van der Waals surface area contributed by atoms with Gasteiger partial charge in [0.05, 0.1) is 12.0 Å². The predicted octanol–water partition coefficient (Wildman–Crippen LogP) is 3.46. The molecular formula is C21H24ClNO5S. The fourth-order valence-electron chi connectivity index (χ4n) is 3.80. The second-order valence-corrected chi connectivity index (χ2v) is 8.98. The third kappa shape index (κ3) is 4.13. The van der Waals surface area contributed by atoms with Crippen LogP contribution < -0.4 is 9.46 Å². The van der Waals surface area contributed by atoms with Crippen molar-refractivity contribution < 1.29 is 22.7 Å². The van der Waals surface area contributed by atoms with Gasteiger partial charge in [-0.1, -0.05) is 42.8 Å². The molecule has 1 aliphatic rings. The normalized spacial score (nSPS) is 18.3. The van der Waals surface area contributed by atoms with E-state index in [1.807, 2.05) is 13.0 Å². The molecule has 0 spiro atoms.